The summed E-state index contributed by atoms with van der Waals surface area (Å²) in [6.45, 7) is 3.82. The van der Waals surface area contributed by atoms with Crippen LogP contribution < -0.4 is 0 Å². The third-order valence-corrected chi connectivity index (χ3v) is 3.32. The summed E-state index contributed by atoms with van der Waals surface area (Å²) in [5, 5.41) is 18.3. The van der Waals surface area contributed by atoms with E-state index >= 15 is 0 Å². The molecule has 2 aromatic rings. The fourth-order valence-corrected chi connectivity index (χ4v) is 2.41. The van der Waals surface area contributed by atoms with Crippen molar-refractivity contribution in [3.63, 3.8) is 0 Å². The zero-order valence-corrected chi connectivity index (χ0v) is 10.6. The van der Waals surface area contributed by atoms with Crippen LogP contribution in [0.4, 0.5) is 0 Å². The molecule has 0 spiro atoms. The van der Waals surface area contributed by atoms with Crippen LogP contribution in [0.3, 0.4) is 0 Å². The van der Waals surface area contributed by atoms with E-state index in [1.54, 1.807) is 10.9 Å². The first-order chi connectivity index (χ1) is 8.11. The van der Waals surface area contributed by atoms with E-state index in [0.29, 0.717) is 10.6 Å². The average Bonchev–Trinajstić information content (AvgIpc) is 2.64. The molecule has 0 saturated heterocycles. The molecular weight excluding hydrogens is 234 g/mol. The van der Waals surface area contributed by atoms with Gasteiger partial charge in [-0.1, -0.05) is 0 Å². The molecule has 0 N–H and O–H groups in total. The van der Waals surface area contributed by atoms with Crippen LogP contribution in [0.25, 0.3) is 0 Å². The summed E-state index contributed by atoms with van der Waals surface area (Å²) in [6, 6.07) is 4.08. The maximum absolute atomic E-state index is 9.14. The number of nitriles is 1. The molecule has 2 aromatic heterocycles. The van der Waals surface area contributed by atoms with Gasteiger partial charge in [0.25, 0.3) is 0 Å². The Hall–Kier alpha value is -1.87. The van der Waals surface area contributed by atoms with Gasteiger partial charge in [0, 0.05) is 12.7 Å². The molecule has 0 saturated carbocycles. The highest BCUT2D eigenvalue weighted by molar-refractivity contribution is 7.99. The molecule has 0 aliphatic carbocycles. The molecule has 0 aliphatic rings. The molecule has 0 aliphatic heterocycles. The maximum atomic E-state index is 9.14. The molecule has 0 bridgehead atoms. The van der Waals surface area contributed by atoms with Gasteiger partial charge >= 0.3 is 0 Å². The van der Waals surface area contributed by atoms with Gasteiger partial charge in [0.15, 0.2) is 5.16 Å². The van der Waals surface area contributed by atoms with Crippen molar-refractivity contribution in [1.29, 1.82) is 5.26 Å². The zero-order chi connectivity index (χ0) is 12.4. The standard InChI is InChI=1S/C11H11N5S/c1-7-4-8(2)14-10(9(7)5-12)17-11-15-13-6-16(11)3/h4,6H,1-3H3. The Labute approximate surface area is 104 Å². The highest BCUT2D eigenvalue weighted by Gasteiger charge is 2.12. The van der Waals surface area contributed by atoms with Crippen molar-refractivity contribution in [3.8, 4) is 6.07 Å². The van der Waals surface area contributed by atoms with Gasteiger partial charge in [-0.2, -0.15) is 5.26 Å². The number of pyridine rings is 1. The Morgan fingerprint density at radius 3 is 2.76 bits per heavy atom. The van der Waals surface area contributed by atoms with Crippen LogP contribution in [-0.4, -0.2) is 19.7 Å². The van der Waals surface area contributed by atoms with Crippen molar-refractivity contribution in [1.82, 2.24) is 19.7 Å². The van der Waals surface area contributed by atoms with Crippen molar-refractivity contribution >= 4 is 11.8 Å². The lowest BCUT2D eigenvalue weighted by molar-refractivity contribution is 0.786. The number of nitrogens with zero attached hydrogens (tertiary/aromatic N) is 5. The summed E-state index contributed by atoms with van der Waals surface area (Å²) in [6.07, 6.45) is 1.62. The normalized spacial score (nSPS) is 10.2. The first kappa shape index (κ1) is 11.6. The molecule has 17 heavy (non-hydrogen) atoms. The average molecular weight is 245 g/mol. The summed E-state index contributed by atoms with van der Waals surface area (Å²) >= 11 is 1.36. The van der Waals surface area contributed by atoms with Gasteiger partial charge in [0.2, 0.25) is 0 Å². The van der Waals surface area contributed by atoms with Gasteiger partial charge in [-0.3, -0.25) is 0 Å². The molecule has 0 amide bonds. The zero-order valence-electron chi connectivity index (χ0n) is 9.80. The Kier molecular flexibility index (Phi) is 3.11. The molecular formula is C11H11N5S. The number of aromatic nitrogens is 4. The smallest absolute Gasteiger partial charge is 0.197 e. The van der Waals surface area contributed by atoms with E-state index in [4.69, 9.17) is 5.26 Å². The summed E-state index contributed by atoms with van der Waals surface area (Å²) in [7, 11) is 1.86. The molecule has 2 heterocycles. The van der Waals surface area contributed by atoms with Gasteiger partial charge in [-0.15, -0.1) is 10.2 Å². The van der Waals surface area contributed by atoms with Crippen molar-refractivity contribution in [2.45, 2.75) is 24.0 Å². The van der Waals surface area contributed by atoms with E-state index in [2.05, 4.69) is 21.3 Å². The molecule has 5 nitrogen and oxygen atoms in total. The van der Waals surface area contributed by atoms with E-state index in [9.17, 15) is 0 Å². The first-order valence-electron chi connectivity index (χ1n) is 5.02. The Morgan fingerprint density at radius 2 is 2.18 bits per heavy atom. The first-order valence-corrected chi connectivity index (χ1v) is 5.83. The van der Waals surface area contributed by atoms with E-state index in [0.717, 1.165) is 16.4 Å². The van der Waals surface area contributed by atoms with E-state index in [1.807, 2.05) is 27.0 Å². The van der Waals surface area contributed by atoms with Gasteiger partial charge < -0.3 is 4.57 Å². The van der Waals surface area contributed by atoms with Gasteiger partial charge in [-0.05, 0) is 37.2 Å². The maximum Gasteiger partial charge on any atom is 0.197 e. The summed E-state index contributed by atoms with van der Waals surface area (Å²) < 4.78 is 1.80. The topological polar surface area (TPSA) is 67.4 Å². The lowest BCUT2D eigenvalue weighted by atomic mass is 10.1. The lowest BCUT2D eigenvalue weighted by Gasteiger charge is -2.06. The molecule has 0 aromatic carbocycles. The molecule has 2 rings (SSSR count). The summed E-state index contributed by atoms with van der Waals surface area (Å²) in [5.41, 5.74) is 2.43. The van der Waals surface area contributed by atoms with E-state index < -0.39 is 0 Å². The number of aryl methyl sites for hydroxylation is 3. The minimum absolute atomic E-state index is 0.601. The van der Waals surface area contributed by atoms with Crippen molar-refractivity contribution < 1.29 is 0 Å². The Balaban J connectivity index is 2.46. The molecule has 0 radical (unpaired) electrons. The van der Waals surface area contributed by atoms with Gasteiger partial charge in [-0.25, -0.2) is 4.98 Å². The predicted molar refractivity (Wildman–Crippen MR) is 63.6 cm³/mol. The van der Waals surface area contributed by atoms with Crippen LogP contribution >= 0.6 is 11.8 Å². The minimum atomic E-state index is 0.601. The van der Waals surface area contributed by atoms with Crippen molar-refractivity contribution in [2.24, 2.45) is 7.05 Å². The second-order valence-corrected chi connectivity index (χ2v) is 4.65. The number of rotatable bonds is 2. The lowest BCUT2D eigenvalue weighted by Crippen LogP contribution is -1.96. The van der Waals surface area contributed by atoms with E-state index in [-0.39, 0.29) is 0 Å². The molecule has 0 unspecified atom stereocenters. The van der Waals surface area contributed by atoms with Crippen LogP contribution in [0.15, 0.2) is 22.6 Å². The van der Waals surface area contributed by atoms with Gasteiger partial charge in [0.05, 0.1) is 5.56 Å². The number of hydrogen-bond donors (Lipinski definition) is 0. The predicted octanol–water partition coefficient (Wildman–Crippen LogP) is 1.85. The Bertz CT molecular complexity index is 596. The Morgan fingerprint density at radius 1 is 1.41 bits per heavy atom. The molecule has 86 valence electrons. The van der Waals surface area contributed by atoms with E-state index in [1.165, 1.54) is 11.8 Å². The van der Waals surface area contributed by atoms with Crippen LogP contribution in [0.2, 0.25) is 0 Å². The van der Waals surface area contributed by atoms with Crippen molar-refractivity contribution in [2.75, 3.05) is 0 Å². The quantitative estimate of drug-likeness (QED) is 0.807. The summed E-state index contributed by atoms with van der Waals surface area (Å²) in [4.78, 5) is 4.38. The highest BCUT2D eigenvalue weighted by Crippen LogP contribution is 2.28. The monoisotopic (exact) mass is 245 g/mol. The minimum Gasteiger partial charge on any atom is -0.311 e. The molecule has 0 atom stereocenters. The molecule has 0 fully saturated rings. The van der Waals surface area contributed by atoms with Crippen LogP contribution in [0.1, 0.15) is 16.8 Å². The van der Waals surface area contributed by atoms with Crippen LogP contribution in [0, 0.1) is 25.2 Å². The summed E-state index contributed by atoms with van der Waals surface area (Å²) in [5.74, 6) is 0. The highest BCUT2D eigenvalue weighted by atomic mass is 32.2. The van der Waals surface area contributed by atoms with Crippen LogP contribution in [-0.2, 0) is 7.05 Å². The number of hydrogen-bond acceptors (Lipinski definition) is 5. The third-order valence-electron chi connectivity index (χ3n) is 2.28. The third kappa shape index (κ3) is 2.29. The van der Waals surface area contributed by atoms with Gasteiger partial charge in [0.1, 0.15) is 17.4 Å². The second-order valence-electron chi connectivity index (χ2n) is 3.70. The van der Waals surface area contributed by atoms with Crippen molar-refractivity contribution in [3.05, 3.63) is 29.2 Å². The fourth-order valence-electron chi connectivity index (χ4n) is 1.46. The molecule has 6 heteroatoms. The SMILES string of the molecule is Cc1cc(C)c(C#N)c(Sc2nncn2C)n1. The second kappa shape index (κ2) is 4.55. The van der Waals surface area contributed by atoms with Crippen LogP contribution in [0.5, 0.6) is 0 Å². The largest absolute Gasteiger partial charge is 0.311 e. The fraction of sp³-hybridized carbons (Fsp3) is 0.273.